The average molecular weight is 349 g/mol. The van der Waals surface area contributed by atoms with Crippen molar-refractivity contribution in [2.45, 2.75) is 45.1 Å². The number of rotatable bonds is 2. The number of H-pyrrole nitrogens is 1. The molecule has 26 heavy (non-hydrogen) atoms. The molecule has 6 heteroatoms. The van der Waals surface area contributed by atoms with Crippen molar-refractivity contribution in [3.63, 3.8) is 0 Å². The first-order valence-corrected chi connectivity index (χ1v) is 9.03. The summed E-state index contributed by atoms with van der Waals surface area (Å²) < 4.78 is 0. The molecular weight excluding hydrogens is 326 g/mol. The third kappa shape index (κ3) is 2.96. The number of nitrogens with one attached hydrogen (secondary N) is 1. The molecule has 0 saturated carbocycles. The first kappa shape index (κ1) is 16.7. The van der Waals surface area contributed by atoms with Crippen LogP contribution in [0.1, 0.15) is 51.2 Å². The van der Waals surface area contributed by atoms with Crippen molar-refractivity contribution in [1.29, 1.82) is 0 Å². The van der Waals surface area contributed by atoms with Gasteiger partial charge in [0.15, 0.2) is 5.82 Å². The van der Waals surface area contributed by atoms with Gasteiger partial charge in [-0.1, -0.05) is 32.9 Å². The SMILES string of the molecule is CC(C)(C)c1ccc(N2CCCC2c2nc3ccccc3c(=O)[nH]2)nn1. The summed E-state index contributed by atoms with van der Waals surface area (Å²) >= 11 is 0. The second kappa shape index (κ2) is 6.20. The van der Waals surface area contributed by atoms with Crippen LogP contribution in [0.4, 0.5) is 5.82 Å². The zero-order chi connectivity index (χ0) is 18.3. The molecule has 6 nitrogen and oxygen atoms in total. The fraction of sp³-hybridized carbons (Fsp3) is 0.400. The van der Waals surface area contributed by atoms with Crippen LogP contribution in [0.25, 0.3) is 10.9 Å². The van der Waals surface area contributed by atoms with Crippen LogP contribution in [-0.4, -0.2) is 26.7 Å². The quantitative estimate of drug-likeness (QED) is 0.768. The van der Waals surface area contributed by atoms with E-state index in [-0.39, 0.29) is 17.0 Å². The molecule has 1 saturated heterocycles. The van der Waals surface area contributed by atoms with Crippen LogP contribution in [0.15, 0.2) is 41.2 Å². The Labute approximate surface area is 152 Å². The van der Waals surface area contributed by atoms with Gasteiger partial charge in [-0.3, -0.25) is 4.79 Å². The van der Waals surface area contributed by atoms with Gasteiger partial charge in [-0.2, -0.15) is 5.10 Å². The van der Waals surface area contributed by atoms with Crippen molar-refractivity contribution in [3.8, 4) is 0 Å². The summed E-state index contributed by atoms with van der Waals surface area (Å²) in [6.45, 7) is 7.25. The zero-order valence-electron chi connectivity index (χ0n) is 15.4. The molecular formula is C20H23N5O. The number of hydrogen-bond donors (Lipinski definition) is 1. The summed E-state index contributed by atoms with van der Waals surface area (Å²) in [5.74, 6) is 1.53. The Hall–Kier alpha value is -2.76. The van der Waals surface area contributed by atoms with Crippen molar-refractivity contribution < 1.29 is 0 Å². The number of aromatic amines is 1. The topological polar surface area (TPSA) is 74.8 Å². The van der Waals surface area contributed by atoms with Crippen LogP contribution in [-0.2, 0) is 5.41 Å². The minimum absolute atomic E-state index is 0.0158. The molecule has 1 aliphatic rings. The average Bonchev–Trinajstić information content (AvgIpc) is 3.11. The van der Waals surface area contributed by atoms with E-state index in [2.05, 4.69) is 40.9 Å². The molecule has 2 aromatic heterocycles. The largest absolute Gasteiger partial charge is 0.345 e. The standard InChI is InChI=1S/C20H23N5O/c1-20(2,3)16-10-11-17(24-23-16)25-12-6-9-15(25)18-21-14-8-5-4-7-13(14)19(26)22-18/h4-5,7-8,10-11,15H,6,9,12H2,1-3H3,(H,21,22,26). The summed E-state index contributed by atoms with van der Waals surface area (Å²) in [7, 11) is 0. The molecule has 4 rings (SSSR count). The fourth-order valence-corrected chi connectivity index (χ4v) is 3.47. The number of fused-ring (bicyclic) bond motifs is 1. The lowest BCUT2D eigenvalue weighted by molar-refractivity contribution is 0.556. The molecule has 0 amide bonds. The van der Waals surface area contributed by atoms with Crippen LogP contribution in [0.3, 0.4) is 0 Å². The van der Waals surface area contributed by atoms with E-state index in [4.69, 9.17) is 4.98 Å². The maximum atomic E-state index is 12.4. The van der Waals surface area contributed by atoms with Crippen LogP contribution < -0.4 is 10.5 Å². The Balaban J connectivity index is 1.70. The molecule has 0 aliphatic carbocycles. The van der Waals surface area contributed by atoms with Crippen molar-refractivity contribution in [1.82, 2.24) is 20.2 Å². The molecule has 0 radical (unpaired) electrons. The highest BCUT2D eigenvalue weighted by Crippen LogP contribution is 2.33. The van der Waals surface area contributed by atoms with Gasteiger partial charge in [0.2, 0.25) is 0 Å². The predicted molar refractivity (Wildman–Crippen MR) is 102 cm³/mol. The Morgan fingerprint density at radius 1 is 1.12 bits per heavy atom. The Bertz CT molecular complexity index is 987. The molecule has 1 N–H and O–H groups in total. The van der Waals surface area contributed by atoms with Crippen molar-refractivity contribution in [3.05, 3.63) is 58.3 Å². The van der Waals surface area contributed by atoms with Crippen LogP contribution >= 0.6 is 0 Å². The number of anilines is 1. The van der Waals surface area contributed by atoms with Crippen molar-refractivity contribution in [2.75, 3.05) is 11.4 Å². The van der Waals surface area contributed by atoms with E-state index in [0.29, 0.717) is 11.2 Å². The Kier molecular flexibility index (Phi) is 3.98. The number of benzene rings is 1. The second-order valence-corrected chi connectivity index (χ2v) is 7.85. The van der Waals surface area contributed by atoms with Gasteiger partial charge in [-0.05, 0) is 37.1 Å². The third-order valence-corrected chi connectivity index (χ3v) is 4.91. The second-order valence-electron chi connectivity index (χ2n) is 7.85. The van der Waals surface area contributed by atoms with E-state index >= 15 is 0 Å². The maximum absolute atomic E-state index is 12.4. The number of hydrogen-bond acceptors (Lipinski definition) is 5. The predicted octanol–water partition coefficient (Wildman–Crippen LogP) is 3.35. The highest BCUT2D eigenvalue weighted by atomic mass is 16.1. The minimum atomic E-state index is -0.0911. The van der Waals surface area contributed by atoms with E-state index in [1.54, 1.807) is 6.07 Å². The lowest BCUT2D eigenvalue weighted by Crippen LogP contribution is -2.27. The first-order valence-electron chi connectivity index (χ1n) is 9.03. The molecule has 1 unspecified atom stereocenters. The minimum Gasteiger partial charge on any atom is -0.345 e. The van der Waals surface area contributed by atoms with E-state index in [1.165, 1.54) is 0 Å². The Morgan fingerprint density at radius 2 is 1.92 bits per heavy atom. The molecule has 3 heterocycles. The molecule has 0 bridgehead atoms. The zero-order valence-corrected chi connectivity index (χ0v) is 15.4. The summed E-state index contributed by atoms with van der Waals surface area (Å²) in [4.78, 5) is 22.3. The van der Waals surface area contributed by atoms with Gasteiger partial charge < -0.3 is 9.88 Å². The summed E-state index contributed by atoms with van der Waals surface area (Å²) in [5.41, 5.74) is 1.58. The fourth-order valence-electron chi connectivity index (χ4n) is 3.47. The van der Waals surface area contributed by atoms with Gasteiger partial charge in [0.05, 0.1) is 22.6 Å². The lowest BCUT2D eigenvalue weighted by Gasteiger charge is -2.25. The van der Waals surface area contributed by atoms with Gasteiger partial charge in [0, 0.05) is 12.0 Å². The monoisotopic (exact) mass is 349 g/mol. The van der Waals surface area contributed by atoms with Crippen molar-refractivity contribution >= 4 is 16.7 Å². The highest BCUT2D eigenvalue weighted by Gasteiger charge is 2.30. The first-order chi connectivity index (χ1) is 12.4. The number of aromatic nitrogens is 4. The van der Waals surface area contributed by atoms with E-state index < -0.39 is 0 Å². The molecule has 0 spiro atoms. The van der Waals surface area contributed by atoms with E-state index in [1.807, 2.05) is 30.3 Å². The van der Waals surface area contributed by atoms with Crippen LogP contribution in [0, 0.1) is 0 Å². The van der Waals surface area contributed by atoms with Gasteiger partial charge in [0.1, 0.15) is 5.82 Å². The summed E-state index contributed by atoms with van der Waals surface area (Å²) in [6.07, 6.45) is 1.97. The molecule has 1 aromatic carbocycles. The Morgan fingerprint density at radius 3 is 2.65 bits per heavy atom. The van der Waals surface area contributed by atoms with Crippen LogP contribution in [0.5, 0.6) is 0 Å². The van der Waals surface area contributed by atoms with Gasteiger partial charge in [0.25, 0.3) is 5.56 Å². The molecule has 3 aromatic rings. The van der Waals surface area contributed by atoms with Gasteiger partial charge in [-0.25, -0.2) is 4.98 Å². The highest BCUT2D eigenvalue weighted by molar-refractivity contribution is 5.77. The molecule has 1 fully saturated rings. The number of para-hydroxylation sites is 1. The smallest absolute Gasteiger partial charge is 0.258 e. The normalized spacial score (nSPS) is 17.8. The van der Waals surface area contributed by atoms with Gasteiger partial charge in [-0.15, -0.1) is 5.10 Å². The molecule has 1 atom stereocenters. The lowest BCUT2D eigenvalue weighted by atomic mass is 9.92. The molecule has 1 aliphatic heterocycles. The van der Waals surface area contributed by atoms with E-state index in [0.717, 1.165) is 36.4 Å². The number of nitrogens with zero attached hydrogens (tertiary/aromatic N) is 4. The molecule has 134 valence electrons. The third-order valence-electron chi connectivity index (χ3n) is 4.91. The summed E-state index contributed by atoms with van der Waals surface area (Å²) in [6, 6.07) is 11.5. The summed E-state index contributed by atoms with van der Waals surface area (Å²) in [5, 5.41) is 9.47. The van der Waals surface area contributed by atoms with Crippen LogP contribution in [0.2, 0.25) is 0 Å². The van der Waals surface area contributed by atoms with Gasteiger partial charge >= 0.3 is 0 Å². The van der Waals surface area contributed by atoms with E-state index in [9.17, 15) is 4.79 Å². The maximum Gasteiger partial charge on any atom is 0.258 e. The van der Waals surface area contributed by atoms with Crippen molar-refractivity contribution in [2.24, 2.45) is 0 Å².